The van der Waals surface area contributed by atoms with Crippen molar-refractivity contribution in [1.29, 1.82) is 0 Å². The van der Waals surface area contributed by atoms with E-state index in [4.69, 9.17) is 11.3 Å². The molecule has 210 valence electrons. The zero-order chi connectivity index (χ0) is 33.8. The molecule has 0 radical (unpaired) electrons. The predicted molar refractivity (Wildman–Crippen MR) is 192 cm³/mol. The van der Waals surface area contributed by atoms with E-state index in [1.54, 1.807) is 11.3 Å². The summed E-state index contributed by atoms with van der Waals surface area (Å²) in [5.41, 5.74) is 7.01. The molecular formula is C42H25NOS. The first-order chi connectivity index (χ1) is 24.4. The van der Waals surface area contributed by atoms with Gasteiger partial charge in [-0.2, -0.15) is 0 Å². The van der Waals surface area contributed by atoms with Crippen molar-refractivity contribution in [3.63, 3.8) is 0 Å². The van der Waals surface area contributed by atoms with Gasteiger partial charge in [-0.1, -0.05) is 103 Å². The van der Waals surface area contributed by atoms with Gasteiger partial charge in [0.25, 0.3) is 0 Å². The van der Waals surface area contributed by atoms with Crippen molar-refractivity contribution < 1.29 is 11.3 Å². The molecular weight excluding hydrogens is 567 g/mol. The van der Waals surface area contributed by atoms with Crippen molar-refractivity contribution in [3.8, 4) is 27.9 Å². The number of thiophene rings is 1. The molecule has 0 unspecified atom stereocenters. The number of benzene rings is 7. The van der Waals surface area contributed by atoms with Crippen molar-refractivity contribution >= 4 is 75.3 Å². The van der Waals surface area contributed by atoms with Crippen molar-refractivity contribution in [2.75, 3.05) is 0 Å². The van der Waals surface area contributed by atoms with E-state index in [2.05, 4.69) is 71.3 Å². The minimum absolute atomic E-state index is 0.168. The molecule has 7 aromatic carbocycles. The summed E-state index contributed by atoms with van der Waals surface area (Å²) in [6.07, 6.45) is 0. The van der Waals surface area contributed by atoms with Gasteiger partial charge in [0.2, 0.25) is 0 Å². The number of para-hydroxylation sites is 2. The maximum Gasteiger partial charge on any atom is 0.135 e. The fourth-order valence-corrected chi connectivity index (χ4v) is 8.09. The van der Waals surface area contributed by atoms with E-state index < -0.39 is 6.04 Å². The molecule has 0 fully saturated rings. The van der Waals surface area contributed by atoms with Crippen molar-refractivity contribution in [1.82, 2.24) is 4.57 Å². The van der Waals surface area contributed by atoms with E-state index >= 15 is 0 Å². The molecule has 3 aromatic heterocycles. The lowest BCUT2D eigenvalue weighted by molar-refractivity contribution is 0.669. The van der Waals surface area contributed by atoms with Gasteiger partial charge in [0.1, 0.15) is 11.2 Å². The highest BCUT2D eigenvalue weighted by Crippen LogP contribution is 2.44. The van der Waals surface area contributed by atoms with Gasteiger partial charge in [0.15, 0.2) is 0 Å². The summed E-state index contributed by atoms with van der Waals surface area (Å²) >= 11 is 1.77. The van der Waals surface area contributed by atoms with Crippen LogP contribution in [0.25, 0.3) is 91.9 Å². The quantitative estimate of drug-likeness (QED) is 0.198. The van der Waals surface area contributed by atoms with Crippen molar-refractivity contribution in [2.45, 2.75) is 0 Å². The van der Waals surface area contributed by atoms with Gasteiger partial charge >= 0.3 is 0 Å². The molecule has 0 bridgehead atoms. The molecule has 3 heteroatoms. The van der Waals surface area contributed by atoms with Crippen LogP contribution >= 0.6 is 11.3 Å². The first-order valence-corrected chi connectivity index (χ1v) is 15.7. The monoisotopic (exact) mass is 596 g/mol. The highest BCUT2D eigenvalue weighted by Gasteiger charge is 2.19. The van der Waals surface area contributed by atoms with Crippen LogP contribution in [-0.4, -0.2) is 4.57 Å². The Kier molecular flexibility index (Phi) is 4.26. The second-order valence-electron chi connectivity index (χ2n) is 11.4. The normalized spacial score (nSPS) is 13.6. The lowest BCUT2D eigenvalue weighted by Gasteiger charge is -2.14. The summed E-state index contributed by atoms with van der Waals surface area (Å²) < 4.78 is 53.8. The SMILES string of the molecule is [2H]c1c([2H])c([2H])c(-c2cc(-c3ccc4oc5ccccc5c4c3)cc(-n3c4ccccc4c4ccc5c6ccccc6sc5c43)c2)c([2H])c1[2H]. The average Bonchev–Trinajstić information content (AvgIpc) is 3.82. The van der Waals surface area contributed by atoms with Crippen LogP contribution in [0.5, 0.6) is 0 Å². The summed E-state index contributed by atoms with van der Waals surface area (Å²) in [6, 6.07) is 39.8. The molecule has 3 heterocycles. The van der Waals surface area contributed by atoms with Crippen LogP contribution in [-0.2, 0) is 0 Å². The number of fused-ring (bicyclic) bond motifs is 10. The molecule has 10 aromatic rings. The number of furan rings is 1. The van der Waals surface area contributed by atoms with Gasteiger partial charge in [0.05, 0.1) is 22.6 Å². The van der Waals surface area contributed by atoms with Crippen LogP contribution in [0.2, 0.25) is 0 Å². The Hall–Kier alpha value is -5.64. The van der Waals surface area contributed by atoms with Crippen LogP contribution in [0.15, 0.2) is 156 Å². The largest absolute Gasteiger partial charge is 0.456 e. The Morgan fingerprint density at radius 2 is 1.22 bits per heavy atom. The zero-order valence-corrected chi connectivity index (χ0v) is 24.6. The van der Waals surface area contributed by atoms with Crippen LogP contribution in [0, 0.1) is 0 Å². The Labute approximate surface area is 270 Å². The lowest BCUT2D eigenvalue weighted by Crippen LogP contribution is -1.96. The molecule has 0 aliphatic rings. The Bertz CT molecular complexity index is 3030. The van der Waals surface area contributed by atoms with E-state index in [-0.39, 0.29) is 29.7 Å². The van der Waals surface area contributed by atoms with E-state index in [0.29, 0.717) is 5.56 Å². The fourth-order valence-electron chi connectivity index (χ4n) is 6.85. The van der Waals surface area contributed by atoms with Crippen LogP contribution < -0.4 is 0 Å². The third kappa shape index (κ3) is 3.68. The molecule has 0 aliphatic heterocycles. The first-order valence-electron chi connectivity index (χ1n) is 17.4. The van der Waals surface area contributed by atoms with Crippen molar-refractivity contribution in [3.05, 3.63) is 152 Å². The van der Waals surface area contributed by atoms with Gasteiger partial charge < -0.3 is 8.98 Å². The molecule has 45 heavy (non-hydrogen) atoms. The predicted octanol–water partition coefficient (Wildman–Crippen LogP) is 12.4. The lowest BCUT2D eigenvalue weighted by atomic mass is 9.97. The first kappa shape index (κ1) is 20.3. The van der Waals surface area contributed by atoms with Gasteiger partial charge in [-0.3, -0.25) is 0 Å². The third-order valence-corrected chi connectivity index (χ3v) is 10.0. The molecule has 2 nitrogen and oxygen atoms in total. The van der Waals surface area contributed by atoms with E-state index in [1.807, 2.05) is 54.6 Å². The van der Waals surface area contributed by atoms with E-state index in [0.717, 1.165) is 60.6 Å². The molecule has 0 saturated carbocycles. The number of hydrogen-bond acceptors (Lipinski definition) is 2. The maximum absolute atomic E-state index is 8.91. The summed E-state index contributed by atoms with van der Waals surface area (Å²) in [5, 5.41) is 6.63. The summed E-state index contributed by atoms with van der Waals surface area (Å²) in [6.45, 7) is 0. The number of aromatic nitrogens is 1. The minimum atomic E-state index is -0.410. The second kappa shape index (κ2) is 9.43. The maximum atomic E-state index is 8.91. The van der Waals surface area contributed by atoms with Gasteiger partial charge in [-0.15, -0.1) is 11.3 Å². The molecule has 0 saturated heterocycles. The second-order valence-corrected chi connectivity index (χ2v) is 12.4. The highest BCUT2D eigenvalue weighted by atomic mass is 32.1. The number of hydrogen-bond donors (Lipinski definition) is 0. The topological polar surface area (TPSA) is 18.1 Å². The summed E-state index contributed by atoms with van der Waals surface area (Å²) in [4.78, 5) is 0. The van der Waals surface area contributed by atoms with Crippen molar-refractivity contribution in [2.24, 2.45) is 0 Å². The van der Waals surface area contributed by atoms with E-state index in [1.165, 1.54) is 20.2 Å². The van der Waals surface area contributed by atoms with Crippen LogP contribution in [0.1, 0.15) is 6.85 Å². The average molecular weight is 597 g/mol. The zero-order valence-electron chi connectivity index (χ0n) is 28.8. The molecule has 10 rings (SSSR count). The summed E-state index contributed by atoms with van der Waals surface area (Å²) in [5.74, 6) is 0. The van der Waals surface area contributed by atoms with E-state index in [9.17, 15) is 0 Å². The standard InChI is InChI=1S/C42H25NOS/c1-2-10-26(11-3-1)28-22-29(27-18-21-39-36(25-27)32-13-5-8-16-38(32)44-39)24-30(23-28)43-37-15-7-4-12-31(37)34-19-20-35-33-14-6-9-17-40(33)45-42(35)41(34)43/h1-25H/i1D,2D,3D,10D,11D. The van der Waals surface area contributed by atoms with Gasteiger partial charge in [0, 0.05) is 42.7 Å². The van der Waals surface area contributed by atoms with Gasteiger partial charge in [-0.05, 0) is 70.8 Å². The Morgan fingerprint density at radius 3 is 2.11 bits per heavy atom. The third-order valence-electron chi connectivity index (χ3n) is 8.85. The molecule has 0 amide bonds. The fraction of sp³-hybridized carbons (Fsp3) is 0. The number of nitrogens with zero attached hydrogens (tertiary/aromatic N) is 1. The Balaban J connectivity index is 1.34. The molecule has 0 atom stereocenters. The minimum Gasteiger partial charge on any atom is -0.456 e. The highest BCUT2D eigenvalue weighted by molar-refractivity contribution is 7.26. The van der Waals surface area contributed by atoms with Gasteiger partial charge in [-0.25, -0.2) is 0 Å². The molecule has 0 N–H and O–H groups in total. The summed E-state index contributed by atoms with van der Waals surface area (Å²) in [7, 11) is 0. The van der Waals surface area contributed by atoms with Crippen LogP contribution in [0.4, 0.5) is 0 Å². The molecule has 0 aliphatic carbocycles. The number of rotatable bonds is 3. The smallest absolute Gasteiger partial charge is 0.135 e. The molecule has 0 spiro atoms. The van der Waals surface area contributed by atoms with Crippen LogP contribution in [0.3, 0.4) is 0 Å². The Morgan fingerprint density at radius 1 is 0.511 bits per heavy atom.